The van der Waals surface area contributed by atoms with Gasteiger partial charge >= 0.3 is 0 Å². The summed E-state index contributed by atoms with van der Waals surface area (Å²) in [5.74, 6) is 0.695. The molecular formula is C18H18N6O2S. The molecule has 8 nitrogen and oxygen atoms in total. The Balaban J connectivity index is 1.48. The van der Waals surface area contributed by atoms with Gasteiger partial charge in [0.1, 0.15) is 12.4 Å². The molecule has 0 aliphatic rings. The van der Waals surface area contributed by atoms with Crippen molar-refractivity contribution in [2.75, 3.05) is 22.5 Å². The molecule has 0 spiro atoms. The first-order valence-corrected chi connectivity index (χ1v) is 9.03. The fraction of sp³-hybridized carbons (Fsp3) is 0.111. The minimum absolute atomic E-state index is 0.0245. The van der Waals surface area contributed by atoms with Gasteiger partial charge in [0.25, 0.3) is 0 Å². The Morgan fingerprint density at radius 1 is 0.963 bits per heavy atom. The monoisotopic (exact) mass is 382 g/mol. The van der Waals surface area contributed by atoms with Crippen LogP contribution in [0.15, 0.2) is 59.8 Å². The number of hydrogen-bond acceptors (Lipinski definition) is 8. The first-order valence-electron chi connectivity index (χ1n) is 8.05. The lowest BCUT2D eigenvalue weighted by molar-refractivity contribution is -0.113. The first kappa shape index (κ1) is 18.5. The highest BCUT2D eigenvalue weighted by Gasteiger charge is 2.08. The van der Waals surface area contributed by atoms with Crippen LogP contribution < -0.4 is 21.5 Å². The number of carbonyl (C=O) groups excluding carboxylic acids is 1. The van der Waals surface area contributed by atoms with E-state index in [2.05, 4.69) is 20.3 Å². The second-order valence-electron chi connectivity index (χ2n) is 5.47. The van der Waals surface area contributed by atoms with Crippen LogP contribution in [-0.2, 0) is 11.4 Å². The first-order chi connectivity index (χ1) is 13.1. The van der Waals surface area contributed by atoms with Crippen LogP contribution in [0.5, 0.6) is 5.75 Å². The Morgan fingerprint density at radius 3 is 2.30 bits per heavy atom. The number of rotatable bonds is 7. The summed E-state index contributed by atoms with van der Waals surface area (Å²) < 4.78 is 5.72. The van der Waals surface area contributed by atoms with Crippen molar-refractivity contribution in [3.8, 4) is 5.75 Å². The lowest BCUT2D eigenvalue weighted by atomic mass is 10.2. The SMILES string of the molecule is Nc1nc(N)nc(SCC(=O)Nc2ccc(OCc3ccccc3)cc2)n1. The molecule has 1 heterocycles. The molecule has 138 valence electrons. The number of nitrogens with zero attached hydrogens (tertiary/aromatic N) is 3. The third-order valence-corrected chi connectivity index (χ3v) is 4.22. The third kappa shape index (κ3) is 5.86. The predicted molar refractivity (Wildman–Crippen MR) is 105 cm³/mol. The van der Waals surface area contributed by atoms with Crippen molar-refractivity contribution >= 4 is 35.3 Å². The summed E-state index contributed by atoms with van der Waals surface area (Å²) in [6, 6.07) is 17.1. The summed E-state index contributed by atoms with van der Waals surface area (Å²) in [7, 11) is 0. The highest BCUT2D eigenvalue weighted by atomic mass is 32.2. The smallest absolute Gasteiger partial charge is 0.234 e. The van der Waals surface area contributed by atoms with E-state index in [4.69, 9.17) is 16.2 Å². The number of nitrogens with two attached hydrogens (primary N) is 2. The molecule has 0 aliphatic heterocycles. The van der Waals surface area contributed by atoms with Crippen LogP contribution in [0, 0.1) is 0 Å². The number of carbonyl (C=O) groups is 1. The largest absolute Gasteiger partial charge is 0.489 e. The number of anilines is 3. The van der Waals surface area contributed by atoms with Gasteiger partial charge in [0.05, 0.1) is 5.75 Å². The Bertz CT molecular complexity index is 885. The summed E-state index contributed by atoms with van der Waals surface area (Å²) in [5, 5.41) is 3.10. The molecule has 0 atom stereocenters. The zero-order chi connectivity index (χ0) is 19.1. The van der Waals surface area contributed by atoms with E-state index in [0.29, 0.717) is 17.5 Å². The number of benzene rings is 2. The highest BCUT2D eigenvalue weighted by molar-refractivity contribution is 7.99. The minimum Gasteiger partial charge on any atom is -0.489 e. The van der Waals surface area contributed by atoms with E-state index in [1.54, 1.807) is 24.3 Å². The number of ether oxygens (including phenoxy) is 1. The van der Waals surface area contributed by atoms with Crippen LogP contribution >= 0.6 is 11.8 Å². The molecule has 1 amide bonds. The van der Waals surface area contributed by atoms with Crippen molar-refractivity contribution < 1.29 is 9.53 Å². The van der Waals surface area contributed by atoms with E-state index in [1.807, 2.05) is 30.3 Å². The standard InChI is InChI=1S/C18H18N6O2S/c19-16-22-17(20)24-18(23-16)27-11-15(25)21-13-6-8-14(9-7-13)26-10-12-4-2-1-3-5-12/h1-9H,10-11H2,(H,21,25)(H4,19,20,22,23,24). The van der Waals surface area contributed by atoms with Crippen molar-refractivity contribution in [1.29, 1.82) is 0 Å². The number of nitrogen functional groups attached to an aromatic ring is 2. The number of nitrogens with one attached hydrogen (secondary N) is 1. The van der Waals surface area contributed by atoms with E-state index in [-0.39, 0.29) is 23.6 Å². The Morgan fingerprint density at radius 2 is 1.63 bits per heavy atom. The quantitative estimate of drug-likeness (QED) is 0.531. The summed E-state index contributed by atoms with van der Waals surface area (Å²) in [5.41, 5.74) is 12.8. The van der Waals surface area contributed by atoms with E-state index in [0.717, 1.165) is 23.1 Å². The zero-order valence-electron chi connectivity index (χ0n) is 14.3. The van der Waals surface area contributed by atoms with Crippen molar-refractivity contribution in [1.82, 2.24) is 15.0 Å². The van der Waals surface area contributed by atoms with Gasteiger partial charge < -0.3 is 21.5 Å². The Labute approximate surface area is 160 Å². The Hall–Kier alpha value is -3.33. The topological polar surface area (TPSA) is 129 Å². The van der Waals surface area contributed by atoms with Gasteiger partial charge in [-0.25, -0.2) is 0 Å². The molecular weight excluding hydrogens is 364 g/mol. The highest BCUT2D eigenvalue weighted by Crippen LogP contribution is 2.18. The minimum atomic E-state index is -0.199. The molecule has 2 aromatic carbocycles. The lowest BCUT2D eigenvalue weighted by Gasteiger charge is -2.08. The van der Waals surface area contributed by atoms with Gasteiger partial charge in [-0.3, -0.25) is 4.79 Å². The summed E-state index contributed by atoms with van der Waals surface area (Å²) in [4.78, 5) is 23.6. The molecule has 0 unspecified atom stereocenters. The second-order valence-corrected chi connectivity index (χ2v) is 6.41. The van der Waals surface area contributed by atoms with Gasteiger partial charge in [-0.1, -0.05) is 42.1 Å². The number of aromatic nitrogens is 3. The molecule has 0 radical (unpaired) electrons. The molecule has 0 bridgehead atoms. The summed E-state index contributed by atoms with van der Waals surface area (Å²) in [6.07, 6.45) is 0. The third-order valence-electron chi connectivity index (χ3n) is 3.37. The molecule has 3 rings (SSSR count). The average molecular weight is 382 g/mol. The van der Waals surface area contributed by atoms with E-state index in [1.165, 1.54) is 0 Å². The van der Waals surface area contributed by atoms with Crippen molar-refractivity contribution in [2.24, 2.45) is 0 Å². The van der Waals surface area contributed by atoms with Gasteiger partial charge in [0.15, 0.2) is 5.16 Å². The van der Waals surface area contributed by atoms with Crippen molar-refractivity contribution in [3.63, 3.8) is 0 Å². The van der Waals surface area contributed by atoms with E-state index >= 15 is 0 Å². The fourth-order valence-electron chi connectivity index (χ4n) is 2.16. The summed E-state index contributed by atoms with van der Waals surface area (Å²) >= 11 is 1.13. The van der Waals surface area contributed by atoms with Gasteiger partial charge in [-0.2, -0.15) is 15.0 Å². The number of hydrogen-bond donors (Lipinski definition) is 3. The maximum absolute atomic E-state index is 12.1. The van der Waals surface area contributed by atoms with Gasteiger partial charge in [-0.15, -0.1) is 0 Å². The molecule has 27 heavy (non-hydrogen) atoms. The Kier molecular flexibility index (Phi) is 6.06. The van der Waals surface area contributed by atoms with Crippen LogP contribution in [0.3, 0.4) is 0 Å². The van der Waals surface area contributed by atoms with Crippen LogP contribution in [0.2, 0.25) is 0 Å². The fourth-order valence-corrected chi connectivity index (χ4v) is 2.80. The molecule has 0 saturated carbocycles. The molecule has 0 fully saturated rings. The number of thioether (sulfide) groups is 1. The maximum atomic E-state index is 12.1. The van der Waals surface area contributed by atoms with Crippen LogP contribution in [0.1, 0.15) is 5.56 Å². The van der Waals surface area contributed by atoms with Crippen LogP contribution in [-0.4, -0.2) is 26.6 Å². The van der Waals surface area contributed by atoms with Crippen LogP contribution in [0.4, 0.5) is 17.6 Å². The maximum Gasteiger partial charge on any atom is 0.234 e. The van der Waals surface area contributed by atoms with E-state index < -0.39 is 0 Å². The van der Waals surface area contributed by atoms with E-state index in [9.17, 15) is 4.79 Å². The lowest BCUT2D eigenvalue weighted by Crippen LogP contribution is -2.14. The molecule has 9 heteroatoms. The second kappa shape index (κ2) is 8.86. The molecule has 0 aliphatic carbocycles. The molecule has 1 aromatic heterocycles. The van der Waals surface area contributed by atoms with Crippen molar-refractivity contribution in [2.45, 2.75) is 11.8 Å². The number of amides is 1. The average Bonchev–Trinajstić information content (AvgIpc) is 2.66. The van der Waals surface area contributed by atoms with Crippen LogP contribution in [0.25, 0.3) is 0 Å². The van der Waals surface area contributed by atoms with Gasteiger partial charge in [0, 0.05) is 5.69 Å². The molecule has 3 aromatic rings. The van der Waals surface area contributed by atoms with Crippen molar-refractivity contribution in [3.05, 3.63) is 60.2 Å². The molecule has 0 saturated heterocycles. The predicted octanol–water partition coefficient (Wildman–Crippen LogP) is 2.35. The molecule has 5 N–H and O–H groups in total. The van der Waals surface area contributed by atoms with Gasteiger partial charge in [0.2, 0.25) is 17.8 Å². The normalized spacial score (nSPS) is 10.4. The zero-order valence-corrected chi connectivity index (χ0v) is 15.1. The summed E-state index contributed by atoms with van der Waals surface area (Å²) in [6.45, 7) is 0.487. The van der Waals surface area contributed by atoms with Gasteiger partial charge in [-0.05, 0) is 29.8 Å².